The van der Waals surface area contributed by atoms with E-state index in [4.69, 9.17) is 16.7 Å². The summed E-state index contributed by atoms with van der Waals surface area (Å²) in [5, 5.41) is 13.9. The number of carbonyl (C=O) groups excluding carboxylic acids is 3. The van der Waals surface area contributed by atoms with E-state index in [9.17, 15) is 14.4 Å². The van der Waals surface area contributed by atoms with Crippen LogP contribution in [0.2, 0.25) is 5.02 Å². The van der Waals surface area contributed by atoms with Gasteiger partial charge in [-0.15, -0.1) is 0 Å². The number of aryl methyl sites for hydroxylation is 1. The first-order valence-electron chi connectivity index (χ1n) is 7.04. The van der Waals surface area contributed by atoms with Crippen molar-refractivity contribution in [2.45, 2.75) is 13.8 Å². The molecule has 130 valence electrons. The molecular formula is C15H19ClN4O4. The molecule has 0 radical (unpaired) electrons. The number of benzene rings is 1. The molecule has 0 saturated carbocycles. The van der Waals surface area contributed by atoms with Crippen molar-refractivity contribution >= 4 is 35.0 Å². The van der Waals surface area contributed by atoms with Gasteiger partial charge in [-0.1, -0.05) is 17.7 Å². The molecule has 24 heavy (non-hydrogen) atoms. The fourth-order valence-corrected chi connectivity index (χ4v) is 1.72. The summed E-state index contributed by atoms with van der Waals surface area (Å²) in [4.78, 5) is 34.5. The van der Waals surface area contributed by atoms with Crippen molar-refractivity contribution in [2.75, 3.05) is 18.5 Å². The van der Waals surface area contributed by atoms with E-state index in [0.29, 0.717) is 16.4 Å². The summed E-state index contributed by atoms with van der Waals surface area (Å²) in [6.07, 6.45) is 1.21. The first-order valence-corrected chi connectivity index (χ1v) is 7.41. The summed E-state index contributed by atoms with van der Waals surface area (Å²) in [5.74, 6) is -2.27. The third-order valence-corrected chi connectivity index (χ3v) is 3.17. The van der Waals surface area contributed by atoms with Gasteiger partial charge in [0.05, 0.1) is 6.61 Å². The molecule has 0 aliphatic carbocycles. The maximum Gasteiger partial charge on any atom is 0.327 e. The van der Waals surface area contributed by atoms with Crippen molar-refractivity contribution in [3.05, 3.63) is 40.6 Å². The van der Waals surface area contributed by atoms with Crippen LogP contribution in [0.1, 0.15) is 12.5 Å². The van der Waals surface area contributed by atoms with Crippen LogP contribution in [0.15, 0.2) is 30.0 Å². The second-order valence-corrected chi connectivity index (χ2v) is 5.25. The summed E-state index contributed by atoms with van der Waals surface area (Å²) < 4.78 is 0. The number of rotatable bonds is 6. The smallest absolute Gasteiger partial charge is 0.327 e. The molecule has 3 amide bonds. The van der Waals surface area contributed by atoms with Gasteiger partial charge in [0.25, 0.3) is 0 Å². The molecule has 1 rings (SSSR count). The molecule has 0 saturated heterocycles. The van der Waals surface area contributed by atoms with Crippen LogP contribution in [-0.2, 0) is 14.4 Å². The molecule has 8 nitrogen and oxygen atoms in total. The van der Waals surface area contributed by atoms with Gasteiger partial charge in [0, 0.05) is 29.0 Å². The minimum Gasteiger partial charge on any atom is -0.395 e. The Morgan fingerprint density at radius 3 is 2.54 bits per heavy atom. The Labute approximate surface area is 144 Å². The highest BCUT2D eigenvalue weighted by Gasteiger charge is 2.11. The largest absolute Gasteiger partial charge is 0.395 e. The Hall–Kier alpha value is -2.58. The van der Waals surface area contributed by atoms with E-state index in [1.165, 1.54) is 13.0 Å². The van der Waals surface area contributed by atoms with E-state index in [2.05, 4.69) is 21.5 Å². The normalized spacial score (nSPS) is 10.8. The first kappa shape index (κ1) is 19.5. The van der Waals surface area contributed by atoms with E-state index >= 15 is 0 Å². The summed E-state index contributed by atoms with van der Waals surface area (Å²) >= 11 is 5.97. The monoisotopic (exact) mass is 354 g/mol. The predicted molar refractivity (Wildman–Crippen MR) is 89.9 cm³/mol. The molecular weight excluding hydrogens is 336 g/mol. The van der Waals surface area contributed by atoms with Crippen molar-refractivity contribution in [1.82, 2.24) is 16.2 Å². The number of hydrazine groups is 1. The molecule has 0 aromatic heterocycles. The van der Waals surface area contributed by atoms with Gasteiger partial charge in [0.1, 0.15) is 0 Å². The SMILES string of the molecule is CC(=CC(=O)Nc1ccc(C)c(Cl)c1)NNC(=O)C(=O)NCCO. The van der Waals surface area contributed by atoms with Gasteiger partial charge in [-0.2, -0.15) is 0 Å². The second kappa shape index (κ2) is 9.53. The highest BCUT2D eigenvalue weighted by molar-refractivity contribution is 6.35. The number of nitrogens with one attached hydrogen (secondary N) is 4. The molecule has 0 unspecified atom stereocenters. The van der Waals surface area contributed by atoms with Crippen molar-refractivity contribution in [3.8, 4) is 0 Å². The summed E-state index contributed by atoms with van der Waals surface area (Å²) in [7, 11) is 0. The summed E-state index contributed by atoms with van der Waals surface area (Å²) in [6, 6.07) is 5.11. The number of aliphatic hydroxyl groups is 1. The maximum absolute atomic E-state index is 11.8. The van der Waals surface area contributed by atoms with Gasteiger partial charge in [0.15, 0.2) is 0 Å². The quantitative estimate of drug-likeness (QED) is 0.284. The Bertz CT molecular complexity index is 661. The van der Waals surface area contributed by atoms with Crippen LogP contribution in [0.4, 0.5) is 5.69 Å². The molecule has 1 aromatic carbocycles. The molecule has 0 spiro atoms. The highest BCUT2D eigenvalue weighted by Crippen LogP contribution is 2.19. The zero-order chi connectivity index (χ0) is 18.1. The van der Waals surface area contributed by atoms with E-state index in [-0.39, 0.29) is 13.2 Å². The fraction of sp³-hybridized carbons (Fsp3) is 0.267. The fourth-order valence-electron chi connectivity index (χ4n) is 1.54. The predicted octanol–water partition coefficient (Wildman–Crippen LogP) is 0.220. The topological polar surface area (TPSA) is 120 Å². The average molecular weight is 355 g/mol. The van der Waals surface area contributed by atoms with E-state index < -0.39 is 17.7 Å². The minimum atomic E-state index is -0.943. The lowest BCUT2D eigenvalue weighted by molar-refractivity contribution is -0.139. The minimum absolute atomic E-state index is 0.0252. The molecule has 9 heteroatoms. The lowest BCUT2D eigenvalue weighted by atomic mass is 10.2. The number of halogens is 1. The van der Waals surface area contributed by atoms with Gasteiger partial charge in [-0.3, -0.25) is 19.8 Å². The standard InChI is InChI=1S/C15H19ClN4O4/c1-9-3-4-11(8-12(9)16)18-13(22)7-10(2)19-20-15(24)14(23)17-5-6-21/h3-4,7-8,19,21H,5-6H2,1-2H3,(H,17,23)(H,18,22)(H,20,24). The van der Waals surface area contributed by atoms with Gasteiger partial charge < -0.3 is 21.2 Å². The molecule has 0 atom stereocenters. The lowest BCUT2D eigenvalue weighted by Gasteiger charge is -2.09. The van der Waals surface area contributed by atoms with Crippen LogP contribution < -0.4 is 21.5 Å². The average Bonchev–Trinajstić information content (AvgIpc) is 2.53. The number of amides is 3. The zero-order valence-electron chi connectivity index (χ0n) is 13.3. The molecule has 0 aliphatic heterocycles. The molecule has 0 aliphatic rings. The lowest BCUT2D eigenvalue weighted by Crippen LogP contribution is -2.46. The summed E-state index contributed by atoms with van der Waals surface area (Å²) in [6.45, 7) is 3.09. The number of hydrogen-bond donors (Lipinski definition) is 5. The van der Waals surface area contributed by atoms with Gasteiger partial charge >= 0.3 is 11.8 Å². The van der Waals surface area contributed by atoms with Crippen molar-refractivity contribution in [3.63, 3.8) is 0 Å². The van der Waals surface area contributed by atoms with E-state index in [1.54, 1.807) is 18.2 Å². The Morgan fingerprint density at radius 2 is 1.92 bits per heavy atom. The van der Waals surface area contributed by atoms with Crippen molar-refractivity contribution < 1.29 is 19.5 Å². The van der Waals surface area contributed by atoms with Crippen molar-refractivity contribution in [2.24, 2.45) is 0 Å². The van der Waals surface area contributed by atoms with E-state index in [0.717, 1.165) is 5.56 Å². The van der Waals surface area contributed by atoms with Gasteiger partial charge in [0.2, 0.25) is 5.91 Å². The maximum atomic E-state index is 11.8. The Kier molecular flexibility index (Phi) is 7.73. The van der Waals surface area contributed by atoms with Gasteiger partial charge in [-0.05, 0) is 31.5 Å². The Morgan fingerprint density at radius 1 is 1.21 bits per heavy atom. The first-order chi connectivity index (χ1) is 11.3. The number of carbonyl (C=O) groups is 3. The third-order valence-electron chi connectivity index (χ3n) is 2.76. The van der Waals surface area contributed by atoms with Crippen LogP contribution >= 0.6 is 11.6 Å². The second-order valence-electron chi connectivity index (χ2n) is 4.84. The van der Waals surface area contributed by atoms with Crippen LogP contribution in [0.25, 0.3) is 0 Å². The molecule has 0 heterocycles. The number of aliphatic hydroxyl groups excluding tert-OH is 1. The Balaban J connectivity index is 2.50. The van der Waals surface area contributed by atoms with Crippen LogP contribution in [0.5, 0.6) is 0 Å². The molecule has 0 fully saturated rings. The molecule has 1 aromatic rings. The third kappa shape index (κ3) is 6.67. The number of anilines is 1. The molecule has 5 N–H and O–H groups in total. The van der Waals surface area contributed by atoms with Crippen LogP contribution in [-0.4, -0.2) is 36.0 Å². The van der Waals surface area contributed by atoms with Crippen LogP contribution in [0, 0.1) is 6.92 Å². The zero-order valence-corrected chi connectivity index (χ0v) is 14.0. The highest BCUT2D eigenvalue weighted by atomic mass is 35.5. The van der Waals surface area contributed by atoms with Crippen molar-refractivity contribution in [1.29, 1.82) is 0 Å². The van der Waals surface area contributed by atoms with E-state index in [1.807, 2.05) is 6.92 Å². The summed E-state index contributed by atoms with van der Waals surface area (Å²) in [5.41, 5.74) is 6.30. The number of allylic oxidation sites excluding steroid dienone is 1. The molecule has 0 bridgehead atoms. The number of hydrogen-bond acceptors (Lipinski definition) is 5. The van der Waals surface area contributed by atoms with Gasteiger partial charge in [-0.25, -0.2) is 0 Å². The van der Waals surface area contributed by atoms with Crippen LogP contribution in [0.3, 0.4) is 0 Å².